The van der Waals surface area contributed by atoms with Crippen molar-refractivity contribution in [1.82, 2.24) is 10.6 Å². The number of amides is 2. The van der Waals surface area contributed by atoms with Crippen molar-refractivity contribution >= 4 is 34.8 Å². The minimum Gasteiger partial charge on any atom is -0.494 e. The number of anilines is 1. The van der Waals surface area contributed by atoms with E-state index in [4.69, 9.17) is 21.7 Å². The number of rotatable bonds is 8. The molecule has 1 heterocycles. The molecule has 8 heteroatoms. The maximum absolute atomic E-state index is 12.4. The fourth-order valence-electron chi connectivity index (χ4n) is 3.08. The minimum atomic E-state index is -0.315. The molecule has 1 aliphatic rings. The van der Waals surface area contributed by atoms with Crippen LogP contribution in [0.2, 0.25) is 0 Å². The first kappa shape index (κ1) is 22.7. The van der Waals surface area contributed by atoms with Gasteiger partial charge in [0.25, 0.3) is 11.8 Å². The van der Waals surface area contributed by atoms with Crippen LogP contribution in [-0.2, 0) is 4.74 Å². The molecule has 0 radical (unpaired) electrons. The van der Waals surface area contributed by atoms with Crippen molar-refractivity contribution in [2.24, 2.45) is 0 Å². The van der Waals surface area contributed by atoms with E-state index in [0.29, 0.717) is 30.0 Å². The molecule has 0 aliphatic carbocycles. The Morgan fingerprint density at radius 2 is 1.74 bits per heavy atom. The second-order valence-corrected chi connectivity index (χ2v) is 7.61. The molecule has 0 spiro atoms. The molecule has 1 fully saturated rings. The van der Waals surface area contributed by atoms with Crippen LogP contribution in [0.3, 0.4) is 0 Å². The van der Waals surface area contributed by atoms with E-state index in [1.165, 1.54) is 0 Å². The van der Waals surface area contributed by atoms with Crippen molar-refractivity contribution in [3.63, 3.8) is 0 Å². The normalized spacial score (nSPS) is 15.2. The third-order valence-corrected chi connectivity index (χ3v) is 4.94. The average Bonchev–Trinajstić information content (AvgIpc) is 3.30. The molecule has 2 amide bonds. The molecule has 0 aromatic heterocycles. The molecular weight excluding hydrogens is 414 g/mol. The number of thiocarbonyl (C=S) groups is 1. The standard InChI is InChI=1S/C23H27N3O4S/c1-2-13-29-19-11-7-17(8-12-19)22(28)26-23(31)25-18-9-5-16(6-10-18)21(27)24-15-20-4-3-14-30-20/h5-12,20H,2-4,13-15H2,1H3,(H,24,27)(H2,25,26,28,31). The zero-order valence-electron chi connectivity index (χ0n) is 17.5. The Kier molecular flexibility index (Phi) is 8.37. The molecule has 2 aromatic rings. The first-order valence-electron chi connectivity index (χ1n) is 10.4. The van der Waals surface area contributed by atoms with Crippen molar-refractivity contribution in [2.45, 2.75) is 32.3 Å². The van der Waals surface area contributed by atoms with Gasteiger partial charge in [-0.25, -0.2) is 0 Å². The van der Waals surface area contributed by atoms with Gasteiger partial charge < -0.3 is 20.1 Å². The van der Waals surface area contributed by atoms with E-state index in [2.05, 4.69) is 16.0 Å². The predicted octanol–water partition coefficient (Wildman–Crippen LogP) is 3.51. The molecule has 7 nitrogen and oxygen atoms in total. The summed E-state index contributed by atoms with van der Waals surface area (Å²) in [7, 11) is 0. The highest BCUT2D eigenvalue weighted by Gasteiger charge is 2.16. The van der Waals surface area contributed by atoms with Crippen molar-refractivity contribution in [3.8, 4) is 5.75 Å². The SMILES string of the molecule is CCCOc1ccc(C(=O)NC(=S)Nc2ccc(C(=O)NCC3CCCO3)cc2)cc1. The zero-order chi connectivity index (χ0) is 22.1. The first-order chi connectivity index (χ1) is 15.0. The number of carbonyl (C=O) groups is 2. The van der Waals surface area contributed by atoms with Gasteiger partial charge in [-0.2, -0.15) is 0 Å². The van der Waals surface area contributed by atoms with E-state index in [1.54, 1.807) is 48.5 Å². The van der Waals surface area contributed by atoms with Crippen LogP contribution in [0, 0.1) is 0 Å². The van der Waals surface area contributed by atoms with Gasteiger partial charge in [0.05, 0.1) is 12.7 Å². The van der Waals surface area contributed by atoms with Gasteiger partial charge in [-0.1, -0.05) is 6.92 Å². The van der Waals surface area contributed by atoms with E-state index in [-0.39, 0.29) is 23.0 Å². The van der Waals surface area contributed by atoms with Gasteiger partial charge in [-0.05, 0) is 80.0 Å². The van der Waals surface area contributed by atoms with Gasteiger partial charge in [-0.15, -0.1) is 0 Å². The molecule has 1 aliphatic heterocycles. The van der Waals surface area contributed by atoms with Crippen LogP contribution in [0.15, 0.2) is 48.5 Å². The molecule has 1 saturated heterocycles. The highest BCUT2D eigenvalue weighted by atomic mass is 32.1. The van der Waals surface area contributed by atoms with Gasteiger partial charge in [0.15, 0.2) is 5.11 Å². The van der Waals surface area contributed by atoms with Crippen LogP contribution in [0.4, 0.5) is 5.69 Å². The Bertz CT molecular complexity index is 894. The summed E-state index contributed by atoms with van der Waals surface area (Å²) >= 11 is 5.22. The fourth-order valence-corrected chi connectivity index (χ4v) is 3.29. The fraction of sp³-hybridized carbons (Fsp3) is 0.348. The first-order valence-corrected chi connectivity index (χ1v) is 10.8. The van der Waals surface area contributed by atoms with Crippen molar-refractivity contribution < 1.29 is 19.1 Å². The minimum absolute atomic E-state index is 0.103. The Morgan fingerprint density at radius 1 is 1.06 bits per heavy atom. The zero-order valence-corrected chi connectivity index (χ0v) is 18.3. The Morgan fingerprint density at radius 3 is 2.39 bits per heavy atom. The molecule has 3 rings (SSSR count). The van der Waals surface area contributed by atoms with Crippen molar-refractivity contribution in [2.75, 3.05) is 25.1 Å². The van der Waals surface area contributed by atoms with Crippen LogP contribution in [0.25, 0.3) is 0 Å². The Hall–Kier alpha value is -2.97. The topological polar surface area (TPSA) is 88.7 Å². The number of hydrogen-bond acceptors (Lipinski definition) is 5. The maximum Gasteiger partial charge on any atom is 0.257 e. The third kappa shape index (κ3) is 7.04. The van der Waals surface area contributed by atoms with Crippen molar-refractivity contribution in [1.29, 1.82) is 0 Å². The lowest BCUT2D eigenvalue weighted by atomic mass is 10.2. The molecule has 1 atom stereocenters. The summed E-state index contributed by atoms with van der Waals surface area (Å²) in [5.74, 6) is 0.257. The predicted molar refractivity (Wildman–Crippen MR) is 124 cm³/mol. The van der Waals surface area contributed by atoms with E-state index < -0.39 is 0 Å². The van der Waals surface area contributed by atoms with Crippen molar-refractivity contribution in [3.05, 3.63) is 59.7 Å². The van der Waals surface area contributed by atoms with E-state index >= 15 is 0 Å². The summed E-state index contributed by atoms with van der Waals surface area (Å²) < 4.78 is 11.0. The summed E-state index contributed by atoms with van der Waals surface area (Å²) in [6, 6.07) is 13.8. The highest BCUT2D eigenvalue weighted by molar-refractivity contribution is 7.80. The molecular formula is C23H27N3O4S. The van der Waals surface area contributed by atoms with Gasteiger partial charge in [0, 0.05) is 30.0 Å². The second-order valence-electron chi connectivity index (χ2n) is 7.20. The lowest BCUT2D eigenvalue weighted by molar-refractivity contribution is 0.0857. The number of carbonyl (C=O) groups excluding carboxylic acids is 2. The summed E-state index contributed by atoms with van der Waals surface area (Å²) in [6.07, 6.45) is 3.04. The highest BCUT2D eigenvalue weighted by Crippen LogP contribution is 2.14. The van der Waals surface area contributed by atoms with Crippen LogP contribution >= 0.6 is 12.2 Å². The lowest BCUT2D eigenvalue weighted by Crippen LogP contribution is -2.34. The van der Waals surface area contributed by atoms with Gasteiger partial charge >= 0.3 is 0 Å². The smallest absolute Gasteiger partial charge is 0.257 e. The molecule has 31 heavy (non-hydrogen) atoms. The number of nitrogens with one attached hydrogen (secondary N) is 3. The Balaban J connectivity index is 1.46. The number of benzene rings is 2. The Labute approximate surface area is 187 Å². The van der Waals surface area contributed by atoms with Crippen LogP contribution < -0.4 is 20.7 Å². The van der Waals surface area contributed by atoms with E-state index in [9.17, 15) is 9.59 Å². The molecule has 3 N–H and O–H groups in total. The quantitative estimate of drug-likeness (QED) is 0.544. The monoisotopic (exact) mass is 441 g/mol. The second kappa shape index (κ2) is 11.4. The van der Waals surface area contributed by atoms with E-state index in [1.807, 2.05) is 6.92 Å². The number of ether oxygens (including phenoxy) is 2. The molecule has 164 valence electrons. The van der Waals surface area contributed by atoms with Crippen LogP contribution in [-0.4, -0.2) is 42.8 Å². The molecule has 0 saturated carbocycles. The maximum atomic E-state index is 12.4. The summed E-state index contributed by atoms with van der Waals surface area (Å²) in [4.78, 5) is 24.6. The lowest BCUT2D eigenvalue weighted by Gasteiger charge is -2.12. The molecule has 1 unspecified atom stereocenters. The van der Waals surface area contributed by atoms with Gasteiger partial charge in [0.2, 0.25) is 0 Å². The summed E-state index contributed by atoms with van der Waals surface area (Å²) in [6.45, 7) is 3.94. The molecule has 0 bridgehead atoms. The van der Waals surface area contributed by atoms with Crippen LogP contribution in [0.1, 0.15) is 46.9 Å². The number of hydrogen-bond donors (Lipinski definition) is 3. The largest absolute Gasteiger partial charge is 0.494 e. The third-order valence-electron chi connectivity index (χ3n) is 4.74. The van der Waals surface area contributed by atoms with E-state index in [0.717, 1.165) is 31.6 Å². The van der Waals surface area contributed by atoms with Gasteiger partial charge in [0.1, 0.15) is 5.75 Å². The average molecular weight is 442 g/mol. The summed E-state index contributed by atoms with van der Waals surface area (Å²) in [5.41, 5.74) is 1.69. The molecule has 2 aromatic carbocycles. The summed E-state index contributed by atoms with van der Waals surface area (Å²) in [5, 5.41) is 8.65. The van der Waals surface area contributed by atoms with Gasteiger partial charge in [-0.3, -0.25) is 14.9 Å². The van der Waals surface area contributed by atoms with Crippen LogP contribution in [0.5, 0.6) is 5.75 Å².